The average molecular weight is 247 g/mol. The maximum Gasteiger partial charge on any atom is 0.132 e. The summed E-state index contributed by atoms with van der Waals surface area (Å²) in [6.07, 6.45) is 9.46. The van der Waals surface area contributed by atoms with Gasteiger partial charge in [0, 0.05) is 17.8 Å². The zero-order chi connectivity index (χ0) is 12.4. The van der Waals surface area contributed by atoms with Crippen molar-refractivity contribution in [1.29, 1.82) is 0 Å². The number of nitrogens with one attached hydrogen (secondary N) is 1. The van der Waals surface area contributed by atoms with E-state index in [-0.39, 0.29) is 6.10 Å². The summed E-state index contributed by atoms with van der Waals surface area (Å²) in [6, 6.07) is 0. The fourth-order valence-electron chi connectivity index (χ4n) is 2.96. The summed E-state index contributed by atoms with van der Waals surface area (Å²) in [4.78, 5) is 8.82. The zero-order valence-electron chi connectivity index (χ0n) is 10.7. The molecule has 1 saturated carbocycles. The number of aliphatic hydroxyl groups excluding tert-OH is 1. The predicted molar refractivity (Wildman–Crippen MR) is 70.5 cm³/mol. The van der Waals surface area contributed by atoms with E-state index in [9.17, 15) is 5.11 Å². The van der Waals surface area contributed by atoms with E-state index in [2.05, 4.69) is 15.3 Å². The molecule has 0 amide bonds. The molecule has 0 spiro atoms. The molecule has 0 atom stereocenters. The fourth-order valence-corrected chi connectivity index (χ4v) is 2.96. The Bertz CT molecular complexity index is 416. The first kappa shape index (κ1) is 11.9. The Labute approximate surface area is 108 Å². The highest BCUT2D eigenvalue weighted by Gasteiger charge is 2.27. The van der Waals surface area contributed by atoms with E-state index in [4.69, 9.17) is 0 Å². The van der Waals surface area contributed by atoms with Crippen molar-refractivity contribution in [2.45, 2.75) is 51.0 Å². The molecule has 0 radical (unpaired) electrons. The van der Waals surface area contributed by atoms with Crippen LogP contribution >= 0.6 is 0 Å². The molecule has 2 aliphatic carbocycles. The van der Waals surface area contributed by atoms with Gasteiger partial charge < -0.3 is 10.4 Å². The summed E-state index contributed by atoms with van der Waals surface area (Å²) in [5.74, 6) is 1.64. The molecular weight excluding hydrogens is 226 g/mol. The molecule has 4 heteroatoms. The molecule has 2 N–H and O–H groups in total. The lowest BCUT2D eigenvalue weighted by Gasteiger charge is -2.31. The van der Waals surface area contributed by atoms with Crippen LogP contribution in [0.1, 0.15) is 43.4 Å². The van der Waals surface area contributed by atoms with Gasteiger partial charge >= 0.3 is 0 Å². The number of anilines is 1. The first-order valence-corrected chi connectivity index (χ1v) is 7.07. The Balaban J connectivity index is 1.67. The van der Waals surface area contributed by atoms with E-state index in [0.717, 1.165) is 38.0 Å². The van der Waals surface area contributed by atoms with Crippen LogP contribution in [0.2, 0.25) is 0 Å². The van der Waals surface area contributed by atoms with Crippen molar-refractivity contribution >= 4 is 5.82 Å². The summed E-state index contributed by atoms with van der Waals surface area (Å²) in [5, 5.41) is 12.8. The Hall–Kier alpha value is -1.16. The van der Waals surface area contributed by atoms with Gasteiger partial charge in [0.1, 0.15) is 12.1 Å². The summed E-state index contributed by atoms with van der Waals surface area (Å²) in [7, 11) is 0. The van der Waals surface area contributed by atoms with Gasteiger partial charge in [0.2, 0.25) is 0 Å². The smallest absolute Gasteiger partial charge is 0.132 e. The quantitative estimate of drug-likeness (QED) is 0.801. The van der Waals surface area contributed by atoms with Crippen LogP contribution in [-0.4, -0.2) is 27.7 Å². The second-order valence-electron chi connectivity index (χ2n) is 5.58. The summed E-state index contributed by atoms with van der Waals surface area (Å²) < 4.78 is 0. The molecule has 0 aliphatic heterocycles. The minimum Gasteiger partial charge on any atom is -0.393 e. The van der Waals surface area contributed by atoms with Crippen LogP contribution in [0.15, 0.2) is 6.33 Å². The molecule has 0 bridgehead atoms. The van der Waals surface area contributed by atoms with Crippen molar-refractivity contribution in [3.63, 3.8) is 0 Å². The second kappa shape index (κ2) is 5.22. The Morgan fingerprint density at radius 2 is 2.00 bits per heavy atom. The molecule has 0 unspecified atom stereocenters. The zero-order valence-corrected chi connectivity index (χ0v) is 10.7. The maximum absolute atomic E-state index is 9.29. The molecule has 4 nitrogen and oxygen atoms in total. The molecule has 98 valence electrons. The van der Waals surface area contributed by atoms with Gasteiger partial charge in [0.05, 0.1) is 6.10 Å². The average Bonchev–Trinajstić information content (AvgIpc) is 2.58. The van der Waals surface area contributed by atoms with E-state index >= 15 is 0 Å². The van der Waals surface area contributed by atoms with E-state index in [1.54, 1.807) is 6.33 Å². The molecule has 1 aromatic rings. The highest BCUT2D eigenvalue weighted by molar-refractivity contribution is 5.46. The number of rotatable bonds is 3. The number of nitrogens with zero attached hydrogens (tertiary/aromatic N) is 2. The van der Waals surface area contributed by atoms with Gasteiger partial charge in [-0.05, 0) is 44.4 Å². The van der Waals surface area contributed by atoms with Gasteiger partial charge in [0.25, 0.3) is 0 Å². The minimum atomic E-state index is -0.0701. The van der Waals surface area contributed by atoms with Crippen LogP contribution in [0, 0.1) is 5.92 Å². The number of hydrogen-bond acceptors (Lipinski definition) is 4. The topological polar surface area (TPSA) is 58.0 Å². The molecule has 1 heterocycles. The molecule has 3 rings (SSSR count). The fraction of sp³-hybridized carbons (Fsp3) is 0.714. The summed E-state index contributed by atoms with van der Waals surface area (Å²) in [5.41, 5.74) is 2.56. The Kier molecular flexibility index (Phi) is 3.46. The molecule has 1 aromatic heterocycles. The predicted octanol–water partition coefficient (Wildman–Crippen LogP) is 1.93. The van der Waals surface area contributed by atoms with Crippen molar-refractivity contribution in [3.05, 3.63) is 17.6 Å². The van der Waals surface area contributed by atoms with Crippen LogP contribution in [0.5, 0.6) is 0 Å². The number of aliphatic hydroxyl groups is 1. The lowest BCUT2D eigenvalue weighted by atomic mass is 9.82. The molecule has 0 aromatic carbocycles. The SMILES string of the molecule is OC1CC(CNc2ncnc3c2CCCCC3)C1. The maximum atomic E-state index is 9.29. The Morgan fingerprint density at radius 3 is 2.83 bits per heavy atom. The van der Waals surface area contributed by atoms with Gasteiger partial charge in [-0.2, -0.15) is 0 Å². The van der Waals surface area contributed by atoms with Gasteiger partial charge in [0.15, 0.2) is 0 Å². The molecule has 2 aliphatic rings. The van der Waals surface area contributed by atoms with Crippen molar-refractivity contribution in [2.24, 2.45) is 5.92 Å². The minimum absolute atomic E-state index is 0.0701. The summed E-state index contributed by atoms with van der Waals surface area (Å²) >= 11 is 0. The van der Waals surface area contributed by atoms with Crippen molar-refractivity contribution in [2.75, 3.05) is 11.9 Å². The first-order valence-electron chi connectivity index (χ1n) is 7.07. The lowest BCUT2D eigenvalue weighted by molar-refractivity contribution is 0.0486. The molecule has 18 heavy (non-hydrogen) atoms. The molecular formula is C14H21N3O. The van der Waals surface area contributed by atoms with E-state index in [1.165, 1.54) is 30.5 Å². The second-order valence-corrected chi connectivity index (χ2v) is 5.58. The van der Waals surface area contributed by atoms with Gasteiger partial charge in [-0.3, -0.25) is 0 Å². The van der Waals surface area contributed by atoms with Gasteiger partial charge in [-0.25, -0.2) is 9.97 Å². The van der Waals surface area contributed by atoms with Crippen molar-refractivity contribution in [3.8, 4) is 0 Å². The van der Waals surface area contributed by atoms with Gasteiger partial charge in [-0.15, -0.1) is 0 Å². The Morgan fingerprint density at radius 1 is 1.17 bits per heavy atom. The largest absolute Gasteiger partial charge is 0.393 e. The van der Waals surface area contributed by atoms with Crippen LogP contribution < -0.4 is 5.32 Å². The molecule has 1 fully saturated rings. The van der Waals surface area contributed by atoms with Crippen LogP contribution in [0.3, 0.4) is 0 Å². The number of fused-ring (bicyclic) bond motifs is 1. The third kappa shape index (κ3) is 2.48. The number of hydrogen-bond donors (Lipinski definition) is 2. The standard InChI is InChI=1S/C14H21N3O/c18-11-6-10(7-11)8-15-14-12-4-2-1-3-5-13(12)16-9-17-14/h9-11,18H,1-8H2,(H,15,16,17). The van der Waals surface area contributed by atoms with Gasteiger partial charge in [-0.1, -0.05) is 6.42 Å². The van der Waals surface area contributed by atoms with E-state index in [1.807, 2.05) is 0 Å². The monoisotopic (exact) mass is 247 g/mol. The third-order valence-corrected chi connectivity index (χ3v) is 4.14. The molecule has 0 saturated heterocycles. The summed E-state index contributed by atoms with van der Waals surface area (Å²) in [6.45, 7) is 0.931. The highest BCUT2D eigenvalue weighted by atomic mass is 16.3. The van der Waals surface area contributed by atoms with Crippen LogP contribution in [0.25, 0.3) is 0 Å². The number of aryl methyl sites for hydroxylation is 1. The van der Waals surface area contributed by atoms with E-state index < -0.39 is 0 Å². The van der Waals surface area contributed by atoms with Crippen molar-refractivity contribution < 1.29 is 5.11 Å². The first-order chi connectivity index (χ1) is 8.83. The number of aromatic nitrogens is 2. The highest BCUT2D eigenvalue weighted by Crippen LogP contribution is 2.28. The van der Waals surface area contributed by atoms with Crippen LogP contribution in [-0.2, 0) is 12.8 Å². The normalized spacial score (nSPS) is 26.9. The third-order valence-electron chi connectivity index (χ3n) is 4.14. The lowest BCUT2D eigenvalue weighted by Crippen LogP contribution is -2.33. The van der Waals surface area contributed by atoms with Crippen LogP contribution in [0.4, 0.5) is 5.82 Å². The van der Waals surface area contributed by atoms with Crippen molar-refractivity contribution in [1.82, 2.24) is 9.97 Å². The van der Waals surface area contributed by atoms with E-state index in [0.29, 0.717) is 5.92 Å².